The molecule has 2 aromatic heterocycles. The first-order valence-electron chi connectivity index (χ1n) is 10.8. The van der Waals surface area contributed by atoms with Gasteiger partial charge >= 0.3 is 0 Å². The fraction of sp³-hybridized carbons (Fsp3) is 0.320. The van der Waals surface area contributed by atoms with Gasteiger partial charge in [-0.1, -0.05) is 31.5 Å². The van der Waals surface area contributed by atoms with E-state index in [0.29, 0.717) is 11.1 Å². The van der Waals surface area contributed by atoms with Gasteiger partial charge in [-0.2, -0.15) is 0 Å². The molecule has 2 heterocycles. The molecular weight excluding hydrogens is 386 g/mol. The van der Waals surface area contributed by atoms with Crippen LogP contribution >= 0.6 is 0 Å². The number of nitrogens with one attached hydrogen (secondary N) is 1. The molecule has 4 rings (SSSR count). The monoisotopic (exact) mass is 415 g/mol. The number of imidazole rings is 1. The Bertz CT molecular complexity index is 1230. The molecule has 0 spiro atoms. The minimum atomic E-state index is -0.424. The Morgan fingerprint density at radius 3 is 2.74 bits per heavy atom. The molecule has 1 unspecified atom stereocenters. The summed E-state index contributed by atoms with van der Waals surface area (Å²) in [5.74, 6) is -0.225. The smallest absolute Gasteiger partial charge is 0.251 e. The molecule has 0 aliphatic carbocycles. The van der Waals surface area contributed by atoms with Crippen LogP contribution < -0.4 is 5.73 Å². The van der Waals surface area contributed by atoms with Crippen LogP contribution in [0.4, 0.5) is 0 Å². The molecule has 0 aliphatic heterocycles. The highest BCUT2D eigenvalue weighted by Gasteiger charge is 2.22. The average molecular weight is 416 g/mol. The van der Waals surface area contributed by atoms with Gasteiger partial charge in [-0.05, 0) is 63.2 Å². The number of benzene rings is 2. The lowest BCUT2D eigenvalue weighted by molar-refractivity contribution is 0.100. The van der Waals surface area contributed by atoms with Crippen LogP contribution in [0.3, 0.4) is 0 Å². The summed E-state index contributed by atoms with van der Waals surface area (Å²) in [7, 11) is 4.18. The first-order valence-corrected chi connectivity index (χ1v) is 10.8. The Hall–Kier alpha value is -3.25. The topological polar surface area (TPSA) is 87.9 Å². The molecule has 0 aliphatic rings. The van der Waals surface area contributed by atoms with E-state index in [1.54, 1.807) is 6.33 Å². The standard InChI is InChI=1S/C25H29N5O/c1-16(8-6-7-11-30(2)3)19-13-20(23-24(29-15-28-23)22(19)25(26)31)18-12-17-9-4-5-10-21(17)27-14-18/h4-5,9-10,12-16H,6-8,11H2,1-3H3,(H2,26,31)(H,28,29). The zero-order valence-corrected chi connectivity index (χ0v) is 18.4. The van der Waals surface area contributed by atoms with Gasteiger partial charge in [0.15, 0.2) is 0 Å². The lowest BCUT2D eigenvalue weighted by atomic mass is 9.87. The number of hydrogen-bond acceptors (Lipinski definition) is 4. The first-order chi connectivity index (χ1) is 15.0. The number of carbonyl (C=O) groups excluding carboxylic acids is 1. The number of fused-ring (bicyclic) bond motifs is 2. The molecule has 3 N–H and O–H groups in total. The summed E-state index contributed by atoms with van der Waals surface area (Å²) < 4.78 is 0. The van der Waals surface area contributed by atoms with Crippen LogP contribution in [-0.2, 0) is 0 Å². The quantitative estimate of drug-likeness (QED) is 0.408. The summed E-state index contributed by atoms with van der Waals surface area (Å²) in [6.45, 7) is 3.23. The fourth-order valence-electron chi connectivity index (χ4n) is 4.26. The van der Waals surface area contributed by atoms with E-state index >= 15 is 0 Å². The highest BCUT2D eigenvalue weighted by Crippen LogP contribution is 2.36. The van der Waals surface area contributed by atoms with Gasteiger partial charge in [-0.15, -0.1) is 0 Å². The molecular formula is C25H29N5O. The zero-order chi connectivity index (χ0) is 22.0. The number of primary amides is 1. The summed E-state index contributed by atoms with van der Waals surface area (Å²) in [6, 6.07) is 12.3. The number of nitrogens with zero attached hydrogens (tertiary/aromatic N) is 3. The maximum absolute atomic E-state index is 12.4. The maximum Gasteiger partial charge on any atom is 0.251 e. The Morgan fingerprint density at radius 2 is 1.97 bits per heavy atom. The number of carbonyl (C=O) groups is 1. The van der Waals surface area contributed by atoms with Gasteiger partial charge < -0.3 is 15.6 Å². The van der Waals surface area contributed by atoms with Crippen molar-refractivity contribution in [1.82, 2.24) is 19.9 Å². The van der Waals surface area contributed by atoms with Gasteiger partial charge in [0.25, 0.3) is 5.91 Å². The van der Waals surface area contributed by atoms with Crippen molar-refractivity contribution in [3.8, 4) is 11.1 Å². The van der Waals surface area contributed by atoms with Crippen molar-refractivity contribution < 1.29 is 4.79 Å². The summed E-state index contributed by atoms with van der Waals surface area (Å²) in [4.78, 5) is 26.9. The SMILES string of the molecule is CC(CCCCN(C)C)c1cc(-c2cnc3ccccc3c2)c2nc[nH]c2c1C(N)=O. The molecule has 0 saturated carbocycles. The van der Waals surface area contributed by atoms with Crippen molar-refractivity contribution >= 4 is 27.8 Å². The van der Waals surface area contributed by atoms with E-state index < -0.39 is 5.91 Å². The minimum Gasteiger partial charge on any atom is -0.366 e. The Labute approximate surface area is 182 Å². The normalized spacial score (nSPS) is 12.6. The molecule has 1 amide bonds. The van der Waals surface area contributed by atoms with Crippen molar-refractivity contribution in [2.24, 2.45) is 5.73 Å². The van der Waals surface area contributed by atoms with Crippen molar-refractivity contribution in [1.29, 1.82) is 0 Å². The Morgan fingerprint density at radius 1 is 1.16 bits per heavy atom. The third-order valence-electron chi connectivity index (χ3n) is 5.90. The third-order valence-corrected chi connectivity index (χ3v) is 5.90. The molecule has 0 bridgehead atoms. The number of nitrogens with two attached hydrogens (primary N) is 1. The largest absolute Gasteiger partial charge is 0.366 e. The molecule has 0 saturated heterocycles. The second-order valence-corrected chi connectivity index (χ2v) is 8.50. The van der Waals surface area contributed by atoms with Crippen molar-refractivity contribution in [2.75, 3.05) is 20.6 Å². The van der Waals surface area contributed by atoms with Crippen molar-refractivity contribution in [3.63, 3.8) is 0 Å². The van der Waals surface area contributed by atoms with E-state index in [-0.39, 0.29) is 5.92 Å². The molecule has 2 aromatic carbocycles. The number of unbranched alkanes of at least 4 members (excludes halogenated alkanes) is 1. The summed E-state index contributed by atoms with van der Waals surface area (Å²) in [5, 5.41) is 1.07. The highest BCUT2D eigenvalue weighted by molar-refractivity contribution is 6.09. The van der Waals surface area contributed by atoms with Crippen LogP contribution in [0.1, 0.15) is 48.0 Å². The van der Waals surface area contributed by atoms with Crippen molar-refractivity contribution in [3.05, 3.63) is 60.0 Å². The van der Waals surface area contributed by atoms with Crippen LogP contribution in [0.15, 0.2) is 48.9 Å². The maximum atomic E-state index is 12.4. The highest BCUT2D eigenvalue weighted by atomic mass is 16.1. The number of rotatable bonds is 8. The summed E-state index contributed by atoms with van der Waals surface area (Å²) in [6.07, 6.45) is 6.70. The number of amides is 1. The molecule has 6 nitrogen and oxygen atoms in total. The first kappa shape index (κ1) is 21.0. The molecule has 1 atom stereocenters. The number of aromatic nitrogens is 3. The van der Waals surface area contributed by atoms with Gasteiger partial charge in [-0.3, -0.25) is 9.78 Å². The number of para-hydroxylation sites is 1. The number of aromatic amines is 1. The molecule has 0 radical (unpaired) electrons. The average Bonchev–Trinajstić information content (AvgIpc) is 3.24. The van der Waals surface area contributed by atoms with Crippen LogP contribution in [0.2, 0.25) is 0 Å². The molecule has 31 heavy (non-hydrogen) atoms. The van der Waals surface area contributed by atoms with Gasteiger partial charge in [0.2, 0.25) is 0 Å². The van der Waals surface area contributed by atoms with E-state index in [0.717, 1.165) is 58.9 Å². The van der Waals surface area contributed by atoms with Gasteiger partial charge in [-0.25, -0.2) is 4.98 Å². The van der Waals surface area contributed by atoms with Gasteiger partial charge in [0, 0.05) is 22.7 Å². The third kappa shape index (κ3) is 4.30. The predicted molar refractivity (Wildman–Crippen MR) is 126 cm³/mol. The van der Waals surface area contributed by atoms with E-state index in [4.69, 9.17) is 5.73 Å². The molecule has 0 fully saturated rings. The van der Waals surface area contributed by atoms with E-state index in [1.165, 1.54) is 0 Å². The predicted octanol–water partition coefficient (Wildman–Crippen LogP) is 4.71. The van der Waals surface area contributed by atoms with Crippen LogP contribution in [0.5, 0.6) is 0 Å². The van der Waals surface area contributed by atoms with E-state index in [9.17, 15) is 4.79 Å². The van der Waals surface area contributed by atoms with Crippen LogP contribution in [0.25, 0.3) is 33.1 Å². The fourth-order valence-corrected chi connectivity index (χ4v) is 4.26. The zero-order valence-electron chi connectivity index (χ0n) is 18.4. The lowest BCUT2D eigenvalue weighted by Gasteiger charge is -2.18. The minimum absolute atomic E-state index is 0.199. The Kier molecular flexibility index (Phi) is 6.00. The second-order valence-electron chi connectivity index (χ2n) is 8.50. The summed E-state index contributed by atoms with van der Waals surface area (Å²) in [5.41, 5.74) is 11.7. The molecule has 160 valence electrons. The summed E-state index contributed by atoms with van der Waals surface area (Å²) >= 11 is 0. The van der Waals surface area contributed by atoms with Crippen LogP contribution in [0, 0.1) is 0 Å². The number of pyridine rings is 1. The van der Waals surface area contributed by atoms with Crippen molar-refractivity contribution in [2.45, 2.75) is 32.1 Å². The van der Waals surface area contributed by atoms with Gasteiger partial charge in [0.05, 0.1) is 28.4 Å². The second kappa shape index (κ2) is 8.86. The molecule has 4 aromatic rings. The van der Waals surface area contributed by atoms with E-state index in [1.807, 2.05) is 24.4 Å². The Balaban J connectivity index is 1.79. The van der Waals surface area contributed by atoms with Gasteiger partial charge in [0.1, 0.15) is 0 Å². The number of H-pyrrole nitrogens is 1. The molecule has 6 heteroatoms. The lowest BCUT2D eigenvalue weighted by Crippen LogP contribution is -2.16. The number of hydrogen-bond donors (Lipinski definition) is 2. The van der Waals surface area contributed by atoms with Crippen LogP contribution in [-0.4, -0.2) is 46.4 Å². The van der Waals surface area contributed by atoms with E-state index in [2.05, 4.69) is 59.1 Å².